The SMILES string of the molecule is CNc1cncc(Oc2ccccc2OC)n1. The van der Waals surface area contributed by atoms with E-state index in [1.165, 1.54) is 0 Å². The van der Waals surface area contributed by atoms with E-state index in [4.69, 9.17) is 9.47 Å². The zero-order valence-electron chi connectivity index (χ0n) is 9.68. The summed E-state index contributed by atoms with van der Waals surface area (Å²) >= 11 is 0. The van der Waals surface area contributed by atoms with Crippen molar-refractivity contribution >= 4 is 5.82 Å². The van der Waals surface area contributed by atoms with Crippen molar-refractivity contribution in [3.05, 3.63) is 36.7 Å². The number of ether oxygens (including phenoxy) is 2. The molecule has 2 aromatic rings. The van der Waals surface area contributed by atoms with Gasteiger partial charge in [-0.3, -0.25) is 4.98 Å². The van der Waals surface area contributed by atoms with Crippen molar-refractivity contribution in [3.8, 4) is 17.4 Å². The van der Waals surface area contributed by atoms with Gasteiger partial charge in [0.25, 0.3) is 0 Å². The second-order valence-electron chi connectivity index (χ2n) is 3.25. The zero-order chi connectivity index (χ0) is 12.1. The molecule has 1 aromatic carbocycles. The van der Waals surface area contributed by atoms with Gasteiger partial charge in [-0.2, -0.15) is 4.98 Å². The van der Waals surface area contributed by atoms with Crippen LogP contribution in [0.3, 0.4) is 0 Å². The number of hydrogen-bond donors (Lipinski definition) is 1. The van der Waals surface area contributed by atoms with Gasteiger partial charge in [0.15, 0.2) is 11.5 Å². The van der Waals surface area contributed by atoms with E-state index in [0.29, 0.717) is 23.2 Å². The van der Waals surface area contributed by atoms with Crippen LogP contribution < -0.4 is 14.8 Å². The van der Waals surface area contributed by atoms with E-state index in [1.54, 1.807) is 26.6 Å². The number of nitrogens with one attached hydrogen (secondary N) is 1. The van der Waals surface area contributed by atoms with E-state index < -0.39 is 0 Å². The minimum absolute atomic E-state index is 0.418. The molecule has 5 nitrogen and oxygen atoms in total. The van der Waals surface area contributed by atoms with Gasteiger partial charge in [0, 0.05) is 7.05 Å². The van der Waals surface area contributed by atoms with Crippen LogP contribution in [0.1, 0.15) is 0 Å². The maximum Gasteiger partial charge on any atom is 0.240 e. The van der Waals surface area contributed by atoms with E-state index >= 15 is 0 Å². The molecule has 0 fully saturated rings. The minimum atomic E-state index is 0.418. The van der Waals surface area contributed by atoms with Crippen molar-refractivity contribution in [2.45, 2.75) is 0 Å². The Bertz CT molecular complexity index is 503. The highest BCUT2D eigenvalue weighted by molar-refractivity contribution is 5.42. The number of benzene rings is 1. The van der Waals surface area contributed by atoms with Crippen molar-refractivity contribution in [3.63, 3.8) is 0 Å². The fraction of sp³-hybridized carbons (Fsp3) is 0.167. The molecule has 1 aromatic heterocycles. The number of hydrogen-bond acceptors (Lipinski definition) is 5. The van der Waals surface area contributed by atoms with Gasteiger partial charge in [-0.15, -0.1) is 0 Å². The Hall–Kier alpha value is -2.30. The molecule has 0 unspecified atom stereocenters. The number of rotatable bonds is 4. The Labute approximate surface area is 99.4 Å². The molecular formula is C12H13N3O2. The van der Waals surface area contributed by atoms with E-state index in [9.17, 15) is 0 Å². The summed E-state index contributed by atoms with van der Waals surface area (Å²) in [5.41, 5.74) is 0. The Morgan fingerprint density at radius 1 is 1.12 bits per heavy atom. The highest BCUT2D eigenvalue weighted by Crippen LogP contribution is 2.29. The molecule has 0 aliphatic heterocycles. The predicted octanol–water partition coefficient (Wildman–Crippen LogP) is 2.32. The van der Waals surface area contributed by atoms with Crippen LogP contribution in [0.15, 0.2) is 36.7 Å². The highest BCUT2D eigenvalue weighted by atomic mass is 16.5. The number of nitrogens with zero attached hydrogens (tertiary/aromatic N) is 2. The number of para-hydroxylation sites is 2. The van der Waals surface area contributed by atoms with Crippen molar-refractivity contribution in [2.75, 3.05) is 19.5 Å². The van der Waals surface area contributed by atoms with Crippen LogP contribution in [0.2, 0.25) is 0 Å². The van der Waals surface area contributed by atoms with Crippen molar-refractivity contribution < 1.29 is 9.47 Å². The summed E-state index contributed by atoms with van der Waals surface area (Å²) in [6.07, 6.45) is 3.17. The van der Waals surface area contributed by atoms with Crippen LogP contribution in [0.5, 0.6) is 17.4 Å². The monoisotopic (exact) mass is 231 g/mol. The van der Waals surface area contributed by atoms with Gasteiger partial charge in [0.2, 0.25) is 5.88 Å². The van der Waals surface area contributed by atoms with E-state index in [1.807, 2.05) is 24.3 Å². The molecular weight excluding hydrogens is 218 g/mol. The van der Waals surface area contributed by atoms with Crippen molar-refractivity contribution in [2.24, 2.45) is 0 Å². The van der Waals surface area contributed by atoms with Gasteiger partial charge in [0.05, 0.1) is 19.5 Å². The molecule has 88 valence electrons. The second kappa shape index (κ2) is 5.16. The normalized spacial score (nSPS) is 9.76. The molecule has 0 saturated carbocycles. The average Bonchev–Trinajstić information content (AvgIpc) is 2.39. The Morgan fingerprint density at radius 3 is 2.59 bits per heavy atom. The smallest absolute Gasteiger partial charge is 0.240 e. The molecule has 1 N–H and O–H groups in total. The standard InChI is InChI=1S/C12H13N3O2/c1-13-11-7-14-8-12(15-11)17-10-6-4-3-5-9(10)16-2/h3-8H,1-2H3,(H,13,15). The summed E-state index contributed by atoms with van der Waals surface area (Å²) in [6.45, 7) is 0. The first kappa shape index (κ1) is 11.2. The Morgan fingerprint density at radius 2 is 1.88 bits per heavy atom. The molecule has 1 heterocycles. The molecule has 0 spiro atoms. The zero-order valence-corrected chi connectivity index (χ0v) is 9.68. The Kier molecular flexibility index (Phi) is 3.40. The largest absolute Gasteiger partial charge is 0.493 e. The first-order chi connectivity index (χ1) is 8.33. The number of anilines is 1. The first-order valence-corrected chi connectivity index (χ1v) is 5.14. The van der Waals surface area contributed by atoms with Crippen molar-refractivity contribution in [1.29, 1.82) is 0 Å². The second-order valence-corrected chi connectivity index (χ2v) is 3.25. The molecule has 0 aliphatic carbocycles. The third kappa shape index (κ3) is 2.63. The molecule has 2 rings (SSSR count). The lowest BCUT2D eigenvalue weighted by atomic mass is 10.3. The predicted molar refractivity (Wildman–Crippen MR) is 64.6 cm³/mol. The molecule has 0 atom stereocenters. The van der Waals surface area contributed by atoms with Gasteiger partial charge in [-0.1, -0.05) is 12.1 Å². The fourth-order valence-corrected chi connectivity index (χ4v) is 1.33. The summed E-state index contributed by atoms with van der Waals surface area (Å²) in [7, 11) is 3.37. The topological polar surface area (TPSA) is 56.3 Å². The van der Waals surface area contributed by atoms with Gasteiger partial charge in [-0.25, -0.2) is 0 Å². The molecule has 17 heavy (non-hydrogen) atoms. The summed E-state index contributed by atoms with van der Waals surface area (Å²) < 4.78 is 10.8. The average molecular weight is 231 g/mol. The lowest BCUT2D eigenvalue weighted by Crippen LogP contribution is -1.96. The number of aromatic nitrogens is 2. The van der Waals surface area contributed by atoms with Gasteiger partial charge in [-0.05, 0) is 12.1 Å². The van der Waals surface area contributed by atoms with Gasteiger partial charge >= 0.3 is 0 Å². The van der Waals surface area contributed by atoms with Gasteiger partial charge in [0.1, 0.15) is 5.82 Å². The molecule has 0 saturated heterocycles. The van der Waals surface area contributed by atoms with E-state index in [-0.39, 0.29) is 0 Å². The summed E-state index contributed by atoms with van der Waals surface area (Å²) in [5.74, 6) is 2.33. The van der Waals surface area contributed by atoms with Crippen LogP contribution >= 0.6 is 0 Å². The quantitative estimate of drug-likeness (QED) is 0.875. The minimum Gasteiger partial charge on any atom is -0.493 e. The maximum atomic E-state index is 5.60. The van der Waals surface area contributed by atoms with Crippen LogP contribution in [0, 0.1) is 0 Å². The summed E-state index contributed by atoms with van der Waals surface area (Å²) in [4.78, 5) is 8.23. The van der Waals surface area contributed by atoms with Crippen molar-refractivity contribution in [1.82, 2.24) is 9.97 Å². The summed E-state index contributed by atoms with van der Waals surface area (Å²) in [6, 6.07) is 7.38. The summed E-state index contributed by atoms with van der Waals surface area (Å²) in [5, 5.41) is 2.90. The van der Waals surface area contributed by atoms with E-state index in [0.717, 1.165) is 0 Å². The molecule has 0 aliphatic rings. The third-order valence-corrected chi connectivity index (χ3v) is 2.15. The first-order valence-electron chi connectivity index (χ1n) is 5.14. The molecule has 5 heteroatoms. The maximum absolute atomic E-state index is 5.60. The fourth-order valence-electron chi connectivity index (χ4n) is 1.33. The molecule has 0 radical (unpaired) electrons. The van der Waals surface area contributed by atoms with Crippen LogP contribution in [0.4, 0.5) is 5.82 Å². The lowest BCUT2D eigenvalue weighted by molar-refractivity contribution is 0.374. The third-order valence-electron chi connectivity index (χ3n) is 2.15. The van der Waals surface area contributed by atoms with E-state index in [2.05, 4.69) is 15.3 Å². The van der Waals surface area contributed by atoms with Crippen LogP contribution in [-0.2, 0) is 0 Å². The van der Waals surface area contributed by atoms with Crippen LogP contribution in [-0.4, -0.2) is 24.1 Å². The van der Waals surface area contributed by atoms with Gasteiger partial charge < -0.3 is 14.8 Å². The lowest BCUT2D eigenvalue weighted by Gasteiger charge is -2.09. The Balaban J connectivity index is 2.24. The van der Waals surface area contributed by atoms with Crippen LogP contribution in [0.25, 0.3) is 0 Å². The molecule has 0 bridgehead atoms. The number of methoxy groups -OCH3 is 1. The highest BCUT2D eigenvalue weighted by Gasteiger charge is 2.05. The molecule has 0 amide bonds.